The van der Waals surface area contributed by atoms with Gasteiger partial charge in [0.1, 0.15) is 6.10 Å². The van der Waals surface area contributed by atoms with Crippen molar-refractivity contribution in [2.45, 2.75) is 44.2 Å². The molecule has 4 rings (SSSR count). The van der Waals surface area contributed by atoms with Crippen molar-refractivity contribution in [3.8, 4) is 0 Å². The van der Waals surface area contributed by atoms with Crippen LogP contribution in [-0.4, -0.2) is 28.1 Å². The first-order chi connectivity index (χ1) is 11.7. The lowest BCUT2D eigenvalue weighted by Crippen LogP contribution is -2.40. The average Bonchev–Trinajstić information content (AvgIpc) is 3.23. The smallest absolute Gasteiger partial charge is 0.251 e. The Kier molecular flexibility index (Phi) is 4.10. The van der Waals surface area contributed by atoms with Crippen LogP contribution in [0.1, 0.15) is 52.5 Å². The van der Waals surface area contributed by atoms with Crippen molar-refractivity contribution in [3.05, 3.63) is 53.1 Å². The maximum atomic E-state index is 12.8. The van der Waals surface area contributed by atoms with Crippen LogP contribution in [0, 0.1) is 0 Å². The van der Waals surface area contributed by atoms with Gasteiger partial charge in [-0.25, -0.2) is 4.98 Å². The van der Waals surface area contributed by atoms with E-state index in [9.17, 15) is 4.79 Å². The molecule has 126 valence electrons. The van der Waals surface area contributed by atoms with E-state index in [2.05, 4.69) is 16.4 Å². The van der Waals surface area contributed by atoms with Crippen molar-refractivity contribution in [3.63, 3.8) is 0 Å². The molecule has 24 heavy (non-hydrogen) atoms. The van der Waals surface area contributed by atoms with Crippen LogP contribution in [0.3, 0.4) is 0 Å². The van der Waals surface area contributed by atoms with E-state index in [1.165, 1.54) is 11.1 Å². The number of hydrogen-bond donors (Lipinski definition) is 1. The number of amides is 1. The van der Waals surface area contributed by atoms with Gasteiger partial charge in [0.2, 0.25) is 0 Å². The molecule has 2 heterocycles. The molecule has 1 fully saturated rings. The van der Waals surface area contributed by atoms with Crippen molar-refractivity contribution in [2.75, 3.05) is 6.61 Å². The predicted octanol–water partition coefficient (Wildman–Crippen LogP) is 2.56. The lowest BCUT2D eigenvalue weighted by atomic mass is 9.99. The van der Waals surface area contributed by atoms with E-state index in [4.69, 9.17) is 4.74 Å². The Morgan fingerprint density at radius 1 is 1.38 bits per heavy atom. The van der Waals surface area contributed by atoms with E-state index < -0.39 is 0 Å². The fraction of sp³-hybridized carbons (Fsp3) is 0.474. The summed E-state index contributed by atoms with van der Waals surface area (Å²) in [6, 6.07) is 6.24. The zero-order valence-electron chi connectivity index (χ0n) is 14.0. The second-order valence-corrected chi connectivity index (χ2v) is 6.78. The molecule has 1 N–H and O–H groups in total. The summed E-state index contributed by atoms with van der Waals surface area (Å²) in [7, 11) is 1.97. The van der Waals surface area contributed by atoms with Crippen LogP contribution in [-0.2, 0) is 24.6 Å². The van der Waals surface area contributed by atoms with Gasteiger partial charge >= 0.3 is 0 Å². The van der Waals surface area contributed by atoms with E-state index in [-0.39, 0.29) is 18.1 Å². The molecule has 1 amide bonds. The van der Waals surface area contributed by atoms with Crippen molar-refractivity contribution in [2.24, 2.45) is 7.05 Å². The summed E-state index contributed by atoms with van der Waals surface area (Å²) in [5.41, 5.74) is 4.50. The standard InChI is InChI=1S/C19H23N3O2/c1-22-12-20-11-17(22)18-10-14(8-9-24-18)21-19(23)16-7-3-5-13-4-2-6-15(13)16/h3,5,7,11-12,14,18H,2,4,6,8-10H2,1H3,(H,21,23). The lowest BCUT2D eigenvalue weighted by Gasteiger charge is -2.30. The number of aromatic nitrogens is 2. The van der Waals surface area contributed by atoms with Gasteiger partial charge in [-0.05, 0) is 49.3 Å². The molecule has 0 spiro atoms. The molecule has 1 aliphatic carbocycles. The van der Waals surface area contributed by atoms with Crippen molar-refractivity contribution < 1.29 is 9.53 Å². The summed E-state index contributed by atoms with van der Waals surface area (Å²) >= 11 is 0. The third-order valence-electron chi connectivity index (χ3n) is 5.19. The second-order valence-electron chi connectivity index (χ2n) is 6.78. The third kappa shape index (κ3) is 2.84. The van der Waals surface area contributed by atoms with Gasteiger partial charge in [0, 0.05) is 25.3 Å². The molecule has 2 aliphatic rings. The van der Waals surface area contributed by atoms with Crippen molar-refractivity contribution in [1.82, 2.24) is 14.9 Å². The van der Waals surface area contributed by atoms with Crippen LogP contribution < -0.4 is 5.32 Å². The van der Waals surface area contributed by atoms with Crippen LogP contribution in [0.25, 0.3) is 0 Å². The predicted molar refractivity (Wildman–Crippen MR) is 90.9 cm³/mol. The van der Waals surface area contributed by atoms with Gasteiger partial charge in [-0.1, -0.05) is 12.1 Å². The maximum absolute atomic E-state index is 12.8. The molecular formula is C19H23N3O2. The average molecular weight is 325 g/mol. The fourth-order valence-electron chi connectivity index (χ4n) is 3.91. The number of imidazole rings is 1. The molecule has 1 aliphatic heterocycles. The number of carbonyl (C=O) groups is 1. The molecule has 2 atom stereocenters. The number of benzene rings is 1. The quantitative estimate of drug-likeness (QED) is 0.943. The Bertz CT molecular complexity index is 753. The number of carbonyl (C=O) groups excluding carboxylic acids is 1. The Labute approximate surface area is 142 Å². The molecular weight excluding hydrogens is 302 g/mol. The van der Waals surface area contributed by atoms with E-state index in [1.807, 2.05) is 29.9 Å². The summed E-state index contributed by atoms with van der Waals surface area (Å²) in [5, 5.41) is 3.23. The van der Waals surface area contributed by atoms with Crippen molar-refractivity contribution in [1.29, 1.82) is 0 Å². The van der Waals surface area contributed by atoms with Crippen molar-refractivity contribution >= 4 is 5.91 Å². The molecule has 0 bridgehead atoms. The van der Waals surface area contributed by atoms with E-state index in [0.29, 0.717) is 6.61 Å². The molecule has 1 aromatic heterocycles. The number of ether oxygens (including phenoxy) is 1. The van der Waals surface area contributed by atoms with Gasteiger partial charge < -0.3 is 14.6 Å². The van der Waals surface area contributed by atoms with Crippen LogP contribution >= 0.6 is 0 Å². The molecule has 1 saturated heterocycles. The van der Waals surface area contributed by atoms with E-state index in [1.54, 1.807) is 6.33 Å². The highest BCUT2D eigenvalue weighted by Gasteiger charge is 2.28. The zero-order chi connectivity index (χ0) is 16.5. The van der Waals surface area contributed by atoms with Gasteiger partial charge in [0.25, 0.3) is 5.91 Å². The minimum atomic E-state index is -0.00182. The Balaban J connectivity index is 1.46. The molecule has 1 aromatic carbocycles. The summed E-state index contributed by atoms with van der Waals surface area (Å²) in [4.78, 5) is 16.9. The number of nitrogens with one attached hydrogen (secondary N) is 1. The molecule has 2 unspecified atom stereocenters. The van der Waals surface area contributed by atoms with Gasteiger partial charge in [-0.2, -0.15) is 0 Å². The summed E-state index contributed by atoms with van der Waals surface area (Å²) in [6.45, 7) is 0.660. The first kappa shape index (κ1) is 15.4. The van der Waals surface area contributed by atoms with Crippen LogP contribution in [0.2, 0.25) is 0 Å². The largest absolute Gasteiger partial charge is 0.372 e. The normalized spacial score (nSPS) is 23.0. The number of hydrogen-bond acceptors (Lipinski definition) is 3. The minimum Gasteiger partial charge on any atom is -0.372 e. The van der Waals surface area contributed by atoms with E-state index in [0.717, 1.165) is 43.4 Å². The number of nitrogens with zero attached hydrogens (tertiary/aromatic N) is 2. The van der Waals surface area contributed by atoms with Gasteiger partial charge in [-0.3, -0.25) is 4.79 Å². The molecule has 5 nitrogen and oxygen atoms in total. The first-order valence-electron chi connectivity index (χ1n) is 8.72. The first-order valence-corrected chi connectivity index (χ1v) is 8.72. The minimum absolute atomic E-state index is 0.00182. The van der Waals surface area contributed by atoms with Gasteiger partial charge in [0.15, 0.2) is 0 Å². The highest BCUT2D eigenvalue weighted by atomic mass is 16.5. The SMILES string of the molecule is Cn1cncc1C1CC(NC(=O)c2cccc3c2CCC3)CCO1. The Morgan fingerprint density at radius 3 is 3.12 bits per heavy atom. The number of rotatable bonds is 3. The van der Waals surface area contributed by atoms with Crippen LogP contribution in [0.15, 0.2) is 30.7 Å². The van der Waals surface area contributed by atoms with E-state index >= 15 is 0 Å². The second kappa shape index (κ2) is 6.40. The molecule has 2 aromatic rings. The summed E-state index contributed by atoms with van der Waals surface area (Å²) in [6.07, 6.45) is 8.54. The van der Waals surface area contributed by atoms with Crippen LogP contribution in [0.5, 0.6) is 0 Å². The monoisotopic (exact) mass is 325 g/mol. The Morgan fingerprint density at radius 2 is 2.29 bits per heavy atom. The third-order valence-corrected chi connectivity index (χ3v) is 5.19. The van der Waals surface area contributed by atoms with Gasteiger partial charge in [-0.15, -0.1) is 0 Å². The summed E-state index contributed by atoms with van der Waals surface area (Å²) in [5.74, 6) is 0.0596. The number of fused-ring (bicyclic) bond motifs is 1. The zero-order valence-corrected chi connectivity index (χ0v) is 14.0. The van der Waals surface area contributed by atoms with Gasteiger partial charge in [0.05, 0.1) is 18.2 Å². The molecule has 0 saturated carbocycles. The highest BCUT2D eigenvalue weighted by molar-refractivity contribution is 5.96. The summed E-state index contributed by atoms with van der Waals surface area (Å²) < 4.78 is 7.87. The molecule has 0 radical (unpaired) electrons. The molecule has 5 heteroatoms. The maximum Gasteiger partial charge on any atom is 0.251 e. The lowest BCUT2D eigenvalue weighted by molar-refractivity contribution is -0.00302. The topological polar surface area (TPSA) is 56.2 Å². The van der Waals surface area contributed by atoms with Crippen LogP contribution in [0.4, 0.5) is 0 Å². The number of aryl methyl sites for hydroxylation is 2. The Hall–Kier alpha value is -2.14. The highest BCUT2D eigenvalue weighted by Crippen LogP contribution is 2.29. The fourth-order valence-corrected chi connectivity index (χ4v) is 3.91.